The lowest BCUT2D eigenvalue weighted by Gasteiger charge is -2.01. The highest BCUT2D eigenvalue weighted by atomic mass is 16.5. The Morgan fingerprint density at radius 3 is 1.71 bits per heavy atom. The number of aliphatic hydroxyl groups excluding tert-OH is 2. The van der Waals surface area contributed by atoms with E-state index in [0.717, 1.165) is 6.61 Å². The van der Waals surface area contributed by atoms with Crippen LogP contribution in [0.4, 0.5) is 0 Å². The maximum atomic E-state index is 8.87. The van der Waals surface area contributed by atoms with Gasteiger partial charge in [0.1, 0.15) is 0 Å². The molecule has 4 N–H and O–H groups in total. The van der Waals surface area contributed by atoms with Crippen LogP contribution in [-0.4, -0.2) is 54.9 Å². The van der Waals surface area contributed by atoms with Gasteiger partial charge in [-0.1, -0.05) is 6.92 Å². The number of hydrogen-bond acceptors (Lipinski definition) is 5. The fourth-order valence-corrected chi connectivity index (χ4v) is 1.21. The van der Waals surface area contributed by atoms with Crippen molar-refractivity contribution in [3.8, 4) is 0 Å². The first-order valence-electron chi connectivity index (χ1n) is 4.88. The third-order valence-electron chi connectivity index (χ3n) is 2.42. The molecule has 0 saturated carbocycles. The molecule has 84 valence electrons. The summed E-state index contributed by atoms with van der Waals surface area (Å²) in [6.45, 7) is 4.14. The van der Waals surface area contributed by atoms with Gasteiger partial charge in [0, 0.05) is 5.92 Å². The van der Waals surface area contributed by atoms with Crippen LogP contribution in [0.15, 0.2) is 0 Å². The van der Waals surface area contributed by atoms with E-state index in [1.165, 1.54) is 0 Å². The zero-order valence-electron chi connectivity index (χ0n) is 8.43. The molecular formula is C9H19NO4. The van der Waals surface area contributed by atoms with Crippen molar-refractivity contribution >= 4 is 0 Å². The van der Waals surface area contributed by atoms with Gasteiger partial charge in [-0.2, -0.15) is 0 Å². The van der Waals surface area contributed by atoms with Gasteiger partial charge >= 0.3 is 0 Å². The number of nitrogens with two attached hydrogens (primary N) is 1. The molecule has 0 unspecified atom stereocenters. The summed E-state index contributed by atoms with van der Waals surface area (Å²) in [5, 5.41) is 17.6. The van der Waals surface area contributed by atoms with Crippen molar-refractivity contribution in [3.05, 3.63) is 0 Å². The van der Waals surface area contributed by atoms with E-state index in [0.29, 0.717) is 25.7 Å². The maximum Gasteiger partial charge on any atom is 0.0946 e. The summed E-state index contributed by atoms with van der Waals surface area (Å²) < 4.78 is 9.71. The molecule has 2 saturated heterocycles. The van der Waals surface area contributed by atoms with E-state index in [1.807, 2.05) is 6.92 Å². The zero-order valence-corrected chi connectivity index (χ0v) is 8.43. The summed E-state index contributed by atoms with van der Waals surface area (Å²) in [6, 6.07) is -0.153. The number of ether oxygens (including phenoxy) is 2. The van der Waals surface area contributed by atoms with Gasteiger partial charge in [0.15, 0.2) is 0 Å². The fraction of sp³-hybridized carbons (Fsp3) is 1.00. The minimum absolute atomic E-state index is 0.153. The first kappa shape index (κ1) is 11.9. The average Bonchev–Trinajstić information content (AvgIpc) is 2.67. The zero-order chi connectivity index (χ0) is 10.6. The molecule has 0 aromatic rings. The molecule has 0 bridgehead atoms. The largest absolute Gasteiger partial charge is 0.390 e. The van der Waals surface area contributed by atoms with Crippen molar-refractivity contribution in [3.63, 3.8) is 0 Å². The average molecular weight is 205 g/mol. The molecule has 5 nitrogen and oxygen atoms in total. The normalized spacial score (nSPS) is 42.0. The van der Waals surface area contributed by atoms with E-state index in [4.69, 9.17) is 25.4 Å². The number of aliphatic hydroxyl groups is 2. The molecule has 0 spiro atoms. The van der Waals surface area contributed by atoms with E-state index >= 15 is 0 Å². The molecule has 0 amide bonds. The number of hydrogen-bond donors (Lipinski definition) is 3. The Balaban J connectivity index is 0.000000140. The second-order valence-corrected chi connectivity index (χ2v) is 3.85. The van der Waals surface area contributed by atoms with Crippen molar-refractivity contribution in [2.45, 2.75) is 25.2 Å². The Hall–Kier alpha value is -0.200. The molecule has 5 heteroatoms. The number of rotatable bonds is 0. The van der Waals surface area contributed by atoms with Gasteiger partial charge in [0.25, 0.3) is 0 Å². The minimum atomic E-state index is -0.431. The Bertz CT molecular complexity index is 133. The first-order chi connectivity index (χ1) is 6.61. The van der Waals surface area contributed by atoms with Crippen LogP contribution in [0, 0.1) is 5.92 Å². The summed E-state index contributed by atoms with van der Waals surface area (Å²) in [7, 11) is 0. The second kappa shape index (κ2) is 5.63. The van der Waals surface area contributed by atoms with Crippen LogP contribution in [0.2, 0.25) is 0 Å². The predicted molar refractivity (Wildman–Crippen MR) is 50.8 cm³/mol. The van der Waals surface area contributed by atoms with Gasteiger partial charge < -0.3 is 25.4 Å². The Labute approximate surface area is 83.8 Å². The van der Waals surface area contributed by atoms with Gasteiger partial charge in [0.2, 0.25) is 0 Å². The van der Waals surface area contributed by atoms with Crippen molar-refractivity contribution in [2.75, 3.05) is 26.4 Å². The third kappa shape index (κ3) is 3.51. The van der Waals surface area contributed by atoms with Gasteiger partial charge in [-0.25, -0.2) is 0 Å². The quantitative estimate of drug-likeness (QED) is 0.458. The Morgan fingerprint density at radius 1 is 1.00 bits per heavy atom. The highest BCUT2D eigenvalue weighted by Crippen LogP contribution is 2.10. The van der Waals surface area contributed by atoms with Gasteiger partial charge in [-0.3, -0.25) is 0 Å². The van der Waals surface area contributed by atoms with Crippen LogP contribution < -0.4 is 5.73 Å². The summed E-state index contributed by atoms with van der Waals surface area (Å²) in [5.41, 5.74) is 5.30. The molecule has 2 rings (SSSR count). The van der Waals surface area contributed by atoms with E-state index in [9.17, 15) is 0 Å². The smallest absolute Gasteiger partial charge is 0.0946 e. The SMILES string of the molecule is C[C@@H]1COC[C@H]1O.N[C@@H]1COC[C@H]1O. The van der Waals surface area contributed by atoms with Crippen LogP contribution >= 0.6 is 0 Å². The van der Waals surface area contributed by atoms with E-state index in [1.54, 1.807) is 0 Å². The van der Waals surface area contributed by atoms with Crippen LogP contribution in [0.1, 0.15) is 6.92 Å². The van der Waals surface area contributed by atoms with Crippen LogP contribution in [0.3, 0.4) is 0 Å². The molecule has 2 fully saturated rings. The van der Waals surface area contributed by atoms with Gasteiger partial charge in [0.05, 0.1) is 44.7 Å². The molecular weight excluding hydrogens is 186 g/mol. The lowest BCUT2D eigenvalue weighted by Crippen LogP contribution is -2.32. The molecule has 2 heterocycles. The van der Waals surface area contributed by atoms with Crippen molar-refractivity contribution in [1.82, 2.24) is 0 Å². The van der Waals surface area contributed by atoms with E-state index < -0.39 is 6.10 Å². The molecule has 0 radical (unpaired) electrons. The lowest BCUT2D eigenvalue weighted by molar-refractivity contribution is 0.120. The van der Waals surface area contributed by atoms with Crippen LogP contribution in [-0.2, 0) is 9.47 Å². The summed E-state index contributed by atoms with van der Waals surface area (Å²) in [5.74, 6) is 0.347. The maximum absolute atomic E-state index is 8.87. The molecule has 4 atom stereocenters. The van der Waals surface area contributed by atoms with Crippen LogP contribution in [0.5, 0.6) is 0 Å². The van der Waals surface area contributed by atoms with Gasteiger partial charge in [-0.05, 0) is 0 Å². The van der Waals surface area contributed by atoms with Crippen molar-refractivity contribution in [2.24, 2.45) is 11.7 Å². The summed E-state index contributed by atoms with van der Waals surface area (Å²) in [4.78, 5) is 0. The summed E-state index contributed by atoms with van der Waals surface area (Å²) in [6.07, 6.45) is -0.639. The van der Waals surface area contributed by atoms with Crippen LogP contribution in [0.25, 0.3) is 0 Å². The fourth-order valence-electron chi connectivity index (χ4n) is 1.21. The molecule has 2 aliphatic heterocycles. The summed E-state index contributed by atoms with van der Waals surface area (Å²) >= 11 is 0. The molecule has 0 aliphatic carbocycles. The standard InChI is InChI=1S/C5H10O2.C4H9NO2/c1-4-2-7-3-5(4)6;5-3-1-7-2-4(3)6/h4-6H,2-3H2,1H3;3-4,6H,1-2,5H2/t4-,5-;3-,4-/m11/s1. The van der Waals surface area contributed by atoms with Crippen molar-refractivity contribution in [1.29, 1.82) is 0 Å². The predicted octanol–water partition coefficient (Wildman–Crippen LogP) is -1.28. The lowest BCUT2D eigenvalue weighted by atomic mass is 10.1. The minimum Gasteiger partial charge on any atom is -0.390 e. The molecule has 0 aromatic carbocycles. The van der Waals surface area contributed by atoms with E-state index in [-0.39, 0.29) is 12.1 Å². The highest BCUT2D eigenvalue weighted by Gasteiger charge is 2.21. The molecule has 0 aromatic heterocycles. The van der Waals surface area contributed by atoms with Gasteiger partial charge in [-0.15, -0.1) is 0 Å². The second-order valence-electron chi connectivity index (χ2n) is 3.85. The topological polar surface area (TPSA) is 84.9 Å². The molecule has 2 aliphatic rings. The highest BCUT2D eigenvalue weighted by molar-refractivity contribution is 4.75. The monoisotopic (exact) mass is 205 g/mol. The third-order valence-corrected chi connectivity index (χ3v) is 2.42. The van der Waals surface area contributed by atoms with E-state index in [2.05, 4.69) is 0 Å². The molecule has 14 heavy (non-hydrogen) atoms. The Morgan fingerprint density at radius 2 is 1.57 bits per heavy atom. The van der Waals surface area contributed by atoms with Crippen molar-refractivity contribution < 1.29 is 19.7 Å². The Kier molecular flexibility index (Phi) is 4.77. The first-order valence-corrected chi connectivity index (χ1v) is 4.88.